The van der Waals surface area contributed by atoms with E-state index < -0.39 is 6.04 Å². The Bertz CT molecular complexity index is 1260. The summed E-state index contributed by atoms with van der Waals surface area (Å²) in [4.78, 5) is 19.0. The van der Waals surface area contributed by atoms with E-state index in [2.05, 4.69) is 15.6 Å². The van der Waals surface area contributed by atoms with Crippen molar-refractivity contribution >= 4 is 28.9 Å². The molecule has 0 saturated heterocycles. The van der Waals surface area contributed by atoms with Crippen molar-refractivity contribution in [3.8, 4) is 16.5 Å². The predicted octanol–water partition coefficient (Wildman–Crippen LogP) is 4.64. The molecular weight excluding hydrogens is 410 g/mol. The van der Waals surface area contributed by atoms with Crippen molar-refractivity contribution in [3.05, 3.63) is 88.9 Å². The van der Waals surface area contributed by atoms with Gasteiger partial charge in [-0.2, -0.15) is 4.98 Å². The van der Waals surface area contributed by atoms with Crippen molar-refractivity contribution in [2.45, 2.75) is 13.0 Å². The number of aromatic hydroxyl groups is 1. The Morgan fingerprint density at radius 2 is 1.87 bits per heavy atom. The van der Waals surface area contributed by atoms with Crippen molar-refractivity contribution in [1.29, 1.82) is 0 Å². The van der Waals surface area contributed by atoms with Crippen LogP contribution in [0.5, 0.6) is 5.75 Å². The monoisotopic (exact) mass is 429 g/mol. The normalized spacial score (nSPS) is 15.3. The number of hydrogen-bond donors (Lipinski definition) is 3. The molecule has 1 unspecified atom stereocenters. The van der Waals surface area contributed by atoms with Gasteiger partial charge in [-0.05, 0) is 48.2 Å². The Kier molecular flexibility index (Phi) is 4.76. The summed E-state index contributed by atoms with van der Waals surface area (Å²) in [7, 11) is 0. The predicted molar refractivity (Wildman–Crippen MR) is 121 cm³/mol. The zero-order chi connectivity index (χ0) is 21.4. The second kappa shape index (κ2) is 7.73. The number of para-hydroxylation sites is 1. The van der Waals surface area contributed by atoms with Gasteiger partial charge in [0, 0.05) is 11.4 Å². The SMILES string of the molecule is CC1=C(C(=O)Nc2ccccc2)C(c2ccc(O)cc2)n2nc(-c3cccs3)nc2N1. The number of hydrogen-bond acceptors (Lipinski definition) is 6. The molecule has 8 heteroatoms. The van der Waals surface area contributed by atoms with Crippen LogP contribution in [0.15, 0.2) is 83.4 Å². The molecule has 0 fully saturated rings. The third kappa shape index (κ3) is 3.57. The molecule has 0 saturated carbocycles. The third-order valence-corrected chi connectivity index (χ3v) is 5.95. The van der Waals surface area contributed by atoms with Gasteiger partial charge >= 0.3 is 0 Å². The molecule has 2 aromatic heterocycles. The molecule has 31 heavy (non-hydrogen) atoms. The molecule has 4 aromatic rings. The zero-order valence-electron chi connectivity index (χ0n) is 16.6. The van der Waals surface area contributed by atoms with Gasteiger partial charge in [0.1, 0.15) is 11.8 Å². The average Bonchev–Trinajstić information content (AvgIpc) is 3.44. The van der Waals surface area contributed by atoms with Crippen LogP contribution in [0.2, 0.25) is 0 Å². The van der Waals surface area contributed by atoms with Gasteiger partial charge in [0.2, 0.25) is 5.95 Å². The van der Waals surface area contributed by atoms with Gasteiger partial charge < -0.3 is 15.7 Å². The topological polar surface area (TPSA) is 92.1 Å². The van der Waals surface area contributed by atoms with Crippen LogP contribution >= 0.6 is 11.3 Å². The molecule has 7 nitrogen and oxygen atoms in total. The Labute approximate surface area is 182 Å². The van der Waals surface area contributed by atoms with Gasteiger partial charge in [0.15, 0.2) is 5.82 Å². The van der Waals surface area contributed by atoms with Crippen molar-refractivity contribution in [1.82, 2.24) is 14.8 Å². The summed E-state index contributed by atoms with van der Waals surface area (Å²) in [5, 5.41) is 22.7. The lowest BCUT2D eigenvalue weighted by Crippen LogP contribution is -2.31. The summed E-state index contributed by atoms with van der Waals surface area (Å²) in [6, 6.07) is 19.5. The molecule has 3 N–H and O–H groups in total. The number of rotatable bonds is 4. The lowest BCUT2D eigenvalue weighted by Gasteiger charge is -2.28. The lowest BCUT2D eigenvalue weighted by molar-refractivity contribution is -0.113. The standard InChI is InChI=1S/C23H19N5O2S/c1-14-19(22(30)25-16-6-3-2-4-7-16)20(15-9-11-17(29)12-10-15)28-23(24-14)26-21(27-28)18-8-5-13-31-18/h2-13,20,29H,1H3,(H,25,30)(H,24,26,27). The molecule has 2 aromatic carbocycles. The molecule has 1 aliphatic heterocycles. The number of nitrogens with one attached hydrogen (secondary N) is 2. The van der Waals surface area contributed by atoms with Crippen LogP contribution in [0.4, 0.5) is 11.6 Å². The Hall–Kier alpha value is -3.91. The molecule has 5 rings (SSSR count). The van der Waals surface area contributed by atoms with Gasteiger partial charge in [0.05, 0.1) is 10.5 Å². The summed E-state index contributed by atoms with van der Waals surface area (Å²) < 4.78 is 1.73. The largest absolute Gasteiger partial charge is 0.508 e. The van der Waals surface area contributed by atoms with Crippen molar-refractivity contribution in [2.75, 3.05) is 10.6 Å². The first-order chi connectivity index (χ1) is 15.1. The van der Waals surface area contributed by atoms with Gasteiger partial charge in [-0.25, -0.2) is 4.68 Å². The number of phenols is 1. The van der Waals surface area contributed by atoms with Crippen LogP contribution in [0.1, 0.15) is 18.5 Å². The number of aromatic nitrogens is 3. The highest BCUT2D eigenvalue weighted by molar-refractivity contribution is 7.13. The van der Waals surface area contributed by atoms with E-state index in [0.29, 0.717) is 28.7 Å². The van der Waals surface area contributed by atoms with E-state index in [1.54, 1.807) is 40.3 Å². The van der Waals surface area contributed by atoms with E-state index in [4.69, 9.17) is 5.10 Å². The molecule has 0 aliphatic carbocycles. The quantitative estimate of drug-likeness (QED) is 0.440. The molecule has 0 spiro atoms. The fourth-order valence-corrected chi connectivity index (χ4v) is 4.29. The van der Waals surface area contributed by atoms with Gasteiger partial charge in [-0.15, -0.1) is 16.4 Å². The summed E-state index contributed by atoms with van der Waals surface area (Å²) in [5.41, 5.74) is 2.76. The molecule has 154 valence electrons. The van der Waals surface area contributed by atoms with E-state index >= 15 is 0 Å². The first-order valence-corrected chi connectivity index (χ1v) is 10.6. The highest BCUT2D eigenvalue weighted by atomic mass is 32.1. The molecule has 0 radical (unpaired) electrons. The number of benzene rings is 2. The number of phenolic OH excluding ortho intramolecular Hbond substituents is 1. The summed E-state index contributed by atoms with van der Waals surface area (Å²) in [5.74, 6) is 1.09. The highest BCUT2D eigenvalue weighted by Crippen LogP contribution is 2.37. The zero-order valence-corrected chi connectivity index (χ0v) is 17.4. The fourth-order valence-electron chi connectivity index (χ4n) is 3.64. The number of amides is 1. The van der Waals surface area contributed by atoms with E-state index in [-0.39, 0.29) is 11.7 Å². The Morgan fingerprint density at radius 1 is 1.10 bits per heavy atom. The number of thiophene rings is 1. The average molecular weight is 430 g/mol. The Balaban J connectivity index is 1.60. The van der Waals surface area contributed by atoms with Crippen LogP contribution in [0.25, 0.3) is 10.7 Å². The highest BCUT2D eigenvalue weighted by Gasteiger charge is 2.34. The molecule has 0 bridgehead atoms. The summed E-state index contributed by atoms with van der Waals surface area (Å²) >= 11 is 1.56. The second-order valence-corrected chi connectivity index (χ2v) is 8.11. The number of carbonyl (C=O) groups excluding carboxylic acids is 1. The fraction of sp³-hybridized carbons (Fsp3) is 0.0870. The van der Waals surface area contributed by atoms with Crippen molar-refractivity contribution < 1.29 is 9.90 Å². The van der Waals surface area contributed by atoms with Crippen LogP contribution in [-0.4, -0.2) is 25.8 Å². The second-order valence-electron chi connectivity index (χ2n) is 7.16. The summed E-state index contributed by atoms with van der Waals surface area (Å²) in [6.07, 6.45) is 0. The van der Waals surface area contributed by atoms with E-state index in [1.807, 2.05) is 54.8 Å². The van der Waals surface area contributed by atoms with Crippen LogP contribution in [0, 0.1) is 0 Å². The lowest BCUT2D eigenvalue weighted by atomic mass is 9.95. The van der Waals surface area contributed by atoms with Gasteiger partial charge in [-0.1, -0.05) is 36.4 Å². The minimum absolute atomic E-state index is 0.159. The molecule has 1 aliphatic rings. The molecule has 1 amide bonds. The minimum Gasteiger partial charge on any atom is -0.508 e. The van der Waals surface area contributed by atoms with Crippen LogP contribution in [0.3, 0.4) is 0 Å². The number of allylic oxidation sites excluding steroid dienone is 1. The van der Waals surface area contributed by atoms with E-state index in [1.165, 1.54) is 0 Å². The van der Waals surface area contributed by atoms with Gasteiger partial charge in [0.25, 0.3) is 5.91 Å². The van der Waals surface area contributed by atoms with Crippen LogP contribution < -0.4 is 10.6 Å². The minimum atomic E-state index is -0.498. The maximum absolute atomic E-state index is 13.4. The maximum Gasteiger partial charge on any atom is 0.255 e. The Morgan fingerprint density at radius 3 is 2.58 bits per heavy atom. The number of carbonyl (C=O) groups is 1. The summed E-state index contributed by atoms with van der Waals surface area (Å²) in [6.45, 7) is 1.86. The molecular formula is C23H19N5O2S. The molecule has 1 atom stereocenters. The first-order valence-electron chi connectivity index (χ1n) is 9.73. The maximum atomic E-state index is 13.4. The van der Waals surface area contributed by atoms with E-state index in [9.17, 15) is 9.90 Å². The number of fused-ring (bicyclic) bond motifs is 1. The van der Waals surface area contributed by atoms with Crippen LogP contribution in [-0.2, 0) is 4.79 Å². The smallest absolute Gasteiger partial charge is 0.255 e. The number of anilines is 2. The third-order valence-electron chi connectivity index (χ3n) is 5.08. The molecule has 3 heterocycles. The van der Waals surface area contributed by atoms with Crippen molar-refractivity contribution in [3.63, 3.8) is 0 Å². The van der Waals surface area contributed by atoms with Gasteiger partial charge in [-0.3, -0.25) is 4.79 Å². The van der Waals surface area contributed by atoms with Crippen molar-refractivity contribution in [2.24, 2.45) is 0 Å². The number of nitrogens with zero attached hydrogens (tertiary/aromatic N) is 3. The first kappa shape index (κ1) is 19.1. The van der Waals surface area contributed by atoms with E-state index in [0.717, 1.165) is 10.4 Å².